The molecule has 0 amide bonds. The SMILES string of the molecule is CC.CC.CC1(C)N=C([C@@H]2CCCN2)Nc2cc(Br)ccc21. The molecule has 2 aliphatic heterocycles. The molecule has 22 heavy (non-hydrogen) atoms. The van der Waals surface area contributed by atoms with Crippen LogP contribution in [0, 0.1) is 0 Å². The highest BCUT2D eigenvalue weighted by Gasteiger charge is 2.31. The molecule has 0 bridgehead atoms. The van der Waals surface area contributed by atoms with Gasteiger partial charge in [0.05, 0.1) is 11.6 Å². The minimum absolute atomic E-state index is 0.152. The Morgan fingerprint density at radius 3 is 2.45 bits per heavy atom. The Morgan fingerprint density at radius 2 is 1.86 bits per heavy atom. The zero-order valence-electron chi connectivity index (χ0n) is 14.8. The van der Waals surface area contributed by atoms with Crippen LogP contribution >= 0.6 is 15.9 Å². The van der Waals surface area contributed by atoms with E-state index in [9.17, 15) is 0 Å². The highest BCUT2D eigenvalue weighted by Crippen LogP contribution is 2.37. The summed E-state index contributed by atoms with van der Waals surface area (Å²) in [6, 6.07) is 6.75. The standard InChI is InChI=1S/C14H18BrN3.2C2H6/c1-14(2)10-6-5-9(15)8-12(10)17-13(18-14)11-4-3-7-16-11;2*1-2/h5-6,8,11,16H,3-4,7H2,1-2H3,(H,17,18);2*1-2H3/t11-;;/m0../s1. The molecule has 0 radical (unpaired) electrons. The summed E-state index contributed by atoms with van der Waals surface area (Å²) in [5, 5.41) is 7.00. The second-order valence-corrected chi connectivity index (χ2v) is 6.44. The molecule has 2 N–H and O–H groups in total. The second-order valence-electron chi connectivity index (χ2n) is 5.52. The Morgan fingerprint density at radius 1 is 1.18 bits per heavy atom. The molecule has 3 nitrogen and oxygen atoms in total. The third-order valence-electron chi connectivity index (χ3n) is 3.69. The number of aliphatic imine (C=N–C) groups is 1. The van der Waals surface area contributed by atoms with E-state index in [2.05, 4.69) is 58.6 Å². The van der Waals surface area contributed by atoms with Gasteiger partial charge in [0.15, 0.2) is 0 Å². The third-order valence-corrected chi connectivity index (χ3v) is 4.19. The molecule has 2 aliphatic rings. The van der Waals surface area contributed by atoms with Gasteiger partial charge in [0, 0.05) is 15.7 Å². The quantitative estimate of drug-likeness (QED) is 0.705. The zero-order valence-corrected chi connectivity index (χ0v) is 16.3. The predicted octanol–water partition coefficient (Wildman–Crippen LogP) is 5.31. The van der Waals surface area contributed by atoms with Crippen molar-refractivity contribution in [2.45, 2.75) is 66.0 Å². The summed E-state index contributed by atoms with van der Waals surface area (Å²) >= 11 is 3.54. The zero-order chi connectivity index (χ0) is 16.8. The van der Waals surface area contributed by atoms with E-state index in [1.807, 2.05) is 27.7 Å². The number of fused-ring (bicyclic) bond motifs is 1. The maximum atomic E-state index is 4.89. The number of halogens is 1. The van der Waals surface area contributed by atoms with Gasteiger partial charge in [0.25, 0.3) is 0 Å². The molecule has 0 aliphatic carbocycles. The van der Waals surface area contributed by atoms with Gasteiger partial charge in [-0.1, -0.05) is 49.7 Å². The average molecular weight is 368 g/mol. The molecule has 0 spiro atoms. The first-order valence-electron chi connectivity index (χ1n) is 8.46. The number of anilines is 1. The Balaban J connectivity index is 0.000000561. The number of amidine groups is 1. The van der Waals surface area contributed by atoms with Crippen LogP contribution in [0.15, 0.2) is 27.7 Å². The van der Waals surface area contributed by atoms with Gasteiger partial charge < -0.3 is 10.6 Å². The molecule has 2 heterocycles. The van der Waals surface area contributed by atoms with Crippen LogP contribution in [-0.4, -0.2) is 18.4 Å². The van der Waals surface area contributed by atoms with Gasteiger partial charge in [-0.25, -0.2) is 0 Å². The Hall–Kier alpha value is -0.870. The molecule has 0 aromatic heterocycles. The molecule has 1 saturated heterocycles. The van der Waals surface area contributed by atoms with Crippen molar-refractivity contribution in [2.24, 2.45) is 4.99 Å². The number of nitrogens with zero attached hydrogens (tertiary/aromatic N) is 1. The number of hydrogen-bond donors (Lipinski definition) is 2. The molecule has 3 rings (SSSR count). The maximum Gasteiger partial charge on any atom is 0.119 e. The molecule has 0 unspecified atom stereocenters. The van der Waals surface area contributed by atoms with Crippen LogP contribution in [0.2, 0.25) is 0 Å². The molecule has 1 aromatic carbocycles. The smallest absolute Gasteiger partial charge is 0.119 e. The van der Waals surface area contributed by atoms with Crippen LogP contribution < -0.4 is 10.6 Å². The molecule has 1 aromatic rings. The number of nitrogens with one attached hydrogen (secondary N) is 2. The highest BCUT2D eigenvalue weighted by atomic mass is 79.9. The molecule has 4 heteroatoms. The summed E-state index contributed by atoms with van der Waals surface area (Å²) in [6.45, 7) is 13.4. The van der Waals surface area contributed by atoms with Crippen molar-refractivity contribution in [1.82, 2.24) is 5.32 Å². The number of benzene rings is 1. The first kappa shape index (κ1) is 19.2. The summed E-state index contributed by atoms with van der Waals surface area (Å²) < 4.78 is 1.10. The summed E-state index contributed by atoms with van der Waals surface area (Å²) in [5.41, 5.74) is 2.28. The lowest BCUT2D eigenvalue weighted by atomic mass is 9.91. The van der Waals surface area contributed by atoms with E-state index in [-0.39, 0.29) is 5.54 Å². The Bertz CT molecular complexity index is 503. The lowest BCUT2D eigenvalue weighted by Crippen LogP contribution is -2.40. The van der Waals surface area contributed by atoms with Gasteiger partial charge in [-0.2, -0.15) is 0 Å². The molecule has 0 saturated carbocycles. The minimum Gasteiger partial charge on any atom is -0.342 e. The van der Waals surface area contributed by atoms with Crippen LogP contribution in [0.25, 0.3) is 0 Å². The van der Waals surface area contributed by atoms with Crippen molar-refractivity contribution in [3.63, 3.8) is 0 Å². The van der Waals surface area contributed by atoms with Gasteiger partial charge in [0.1, 0.15) is 5.84 Å². The summed E-state index contributed by atoms with van der Waals surface area (Å²) in [4.78, 5) is 4.89. The first-order valence-corrected chi connectivity index (χ1v) is 9.26. The van der Waals surface area contributed by atoms with Crippen LogP contribution in [0.1, 0.15) is 59.9 Å². The molecular formula is C18H30BrN3. The minimum atomic E-state index is -0.152. The molecule has 124 valence electrons. The van der Waals surface area contributed by atoms with Crippen LogP contribution in [0.3, 0.4) is 0 Å². The van der Waals surface area contributed by atoms with E-state index in [4.69, 9.17) is 4.99 Å². The molecule has 1 fully saturated rings. The Kier molecular flexibility index (Phi) is 7.57. The van der Waals surface area contributed by atoms with E-state index < -0.39 is 0 Å². The van der Waals surface area contributed by atoms with E-state index in [0.717, 1.165) is 16.9 Å². The van der Waals surface area contributed by atoms with Gasteiger partial charge in [0.2, 0.25) is 0 Å². The average Bonchev–Trinajstić information content (AvgIpc) is 3.04. The topological polar surface area (TPSA) is 36.4 Å². The third kappa shape index (κ3) is 4.32. The lowest BCUT2D eigenvalue weighted by molar-refractivity contribution is 0.547. The van der Waals surface area contributed by atoms with E-state index in [1.54, 1.807) is 0 Å². The summed E-state index contributed by atoms with van der Waals surface area (Å²) in [5.74, 6) is 1.09. The fourth-order valence-corrected chi connectivity index (χ4v) is 3.12. The maximum absolute atomic E-state index is 4.89. The van der Waals surface area contributed by atoms with Gasteiger partial charge in [-0.05, 0) is 45.4 Å². The predicted molar refractivity (Wildman–Crippen MR) is 102 cm³/mol. The normalized spacial score (nSPS) is 21.2. The van der Waals surface area contributed by atoms with Gasteiger partial charge in [-0.3, -0.25) is 4.99 Å². The van der Waals surface area contributed by atoms with Crippen molar-refractivity contribution < 1.29 is 0 Å². The van der Waals surface area contributed by atoms with E-state index in [1.165, 1.54) is 24.1 Å². The van der Waals surface area contributed by atoms with Gasteiger partial charge in [-0.15, -0.1) is 0 Å². The summed E-state index contributed by atoms with van der Waals surface area (Å²) in [6.07, 6.45) is 2.41. The van der Waals surface area contributed by atoms with E-state index >= 15 is 0 Å². The monoisotopic (exact) mass is 367 g/mol. The van der Waals surface area contributed by atoms with Crippen molar-refractivity contribution in [1.29, 1.82) is 0 Å². The van der Waals surface area contributed by atoms with Crippen LogP contribution in [-0.2, 0) is 5.54 Å². The number of hydrogen-bond acceptors (Lipinski definition) is 3. The van der Waals surface area contributed by atoms with Crippen molar-refractivity contribution in [2.75, 3.05) is 11.9 Å². The van der Waals surface area contributed by atoms with Crippen LogP contribution in [0.5, 0.6) is 0 Å². The first-order chi connectivity index (χ1) is 10.6. The molecular weight excluding hydrogens is 338 g/mol. The van der Waals surface area contributed by atoms with Crippen molar-refractivity contribution in [3.8, 4) is 0 Å². The fourth-order valence-electron chi connectivity index (χ4n) is 2.76. The number of rotatable bonds is 1. The van der Waals surface area contributed by atoms with Crippen molar-refractivity contribution in [3.05, 3.63) is 28.2 Å². The Labute approximate surface area is 144 Å². The molecule has 1 atom stereocenters. The second kappa shape index (κ2) is 8.68. The fraction of sp³-hybridized carbons (Fsp3) is 0.611. The summed E-state index contributed by atoms with van der Waals surface area (Å²) in [7, 11) is 0. The van der Waals surface area contributed by atoms with Gasteiger partial charge >= 0.3 is 0 Å². The van der Waals surface area contributed by atoms with Crippen LogP contribution in [0.4, 0.5) is 5.69 Å². The largest absolute Gasteiger partial charge is 0.342 e. The van der Waals surface area contributed by atoms with Crippen molar-refractivity contribution >= 4 is 27.5 Å². The lowest BCUT2D eigenvalue weighted by Gasteiger charge is -2.32. The van der Waals surface area contributed by atoms with E-state index in [0.29, 0.717) is 6.04 Å². The highest BCUT2D eigenvalue weighted by molar-refractivity contribution is 9.10.